The number of amides is 1. The number of fused-ring (bicyclic) bond motifs is 1. The molecule has 0 aliphatic carbocycles. The third-order valence-electron chi connectivity index (χ3n) is 3.74. The third-order valence-corrected chi connectivity index (χ3v) is 5.58. The summed E-state index contributed by atoms with van der Waals surface area (Å²) >= 11 is 1.11. The maximum absolute atomic E-state index is 13.0. The number of thiazole rings is 1. The Morgan fingerprint density at radius 1 is 1.29 bits per heavy atom. The van der Waals surface area contributed by atoms with Crippen LogP contribution in [0.3, 0.4) is 0 Å². The van der Waals surface area contributed by atoms with Crippen LogP contribution in [0.4, 0.5) is 4.39 Å². The quantitative estimate of drug-likeness (QED) is 0.437. The molecule has 0 radical (unpaired) electrons. The first-order valence-electron chi connectivity index (χ1n) is 7.90. The SMILES string of the molecule is NS(=O)(=O)CCNC(=O)C(N=O)c1nc2ccc(-c3ccc(F)nc3)cc2s1. The number of hydrogen-bond donors (Lipinski definition) is 2. The van der Waals surface area contributed by atoms with Crippen LogP contribution in [0.15, 0.2) is 41.7 Å². The molecule has 12 heteroatoms. The molecule has 2 heterocycles. The van der Waals surface area contributed by atoms with Crippen LogP contribution >= 0.6 is 11.3 Å². The van der Waals surface area contributed by atoms with E-state index in [4.69, 9.17) is 5.14 Å². The van der Waals surface area contributed by atoms with Gasteiger partial charge >= 0.3 is 0 Å². The first kappa shape index (κ1) is 19.9. The molecule has 0 spiro atoms. The number of rotatable bonds is 7. The Balaban J connectivity index is 1.82. The Bertz CT molecular complexity index is 1130. The number of carbonyl (C=O) groups is 1. The van der Waals surface area contributed by atoms with Gasteiger partial charge in [-0.15, -0.1) is 16.2 Å². The van der Waals surface area contributed by atoms with Crippen molar-refractivity contribution < 1.29 is 17.6 Å². The van der Waals surface area contributed by atoms with E-state index in [0.29, 0.717) is 15.8 Å². The van der Waals surface area contributed by atoms with Crippen LogP contribution in [0, 0.1) is 10.9 Å². The summed E-state index contributed by atoms with van der Waals surface area (Å²) in [4.78, 5) is 31.2. The number of benzene rings is 1. The van der Waals surface area contributed by atoms with Gasteiger partial charge in [0.05, 0.1) is 16.0 Å². The zero-order valence-electron chi connectivity index (χ0n) is 14.2. The molecule has 1 amide bonds. The second-order valence-corrected chi connectivity index (χ2v) is 8.57. The van der Waals surface area contributed by atoms with Crippen molar-refractivity contribution >= 4 is 37.5 Å². The average molecular weight is 423 g/mol. The van der Waals surface area contributed by atoms with Crippen molar-refractivity contribution in [1.82, 2.24) is 15.3 Å². The van der Waals surface area contributed by atoms with Gasteiger partial charge in [0.1, 0.15) is 5.01 Å². The lowest BCUT2D eigenvalue weighted by Gasteiger charge is -2.07. The number of hydrogen-bond acceptors (Lipinski definition) is 8. The molecule has 2 aromatic heterocycles. The molecule has 0 aliphatic heterocycles. The zero-order chi connectivity index (χ0) is 20.3. The summed E-state index contributed by atoms with van der Waals surface area (Å²) in [6, 6.07) is 6.67. The lowest BCUT2D eigenvalue weighted by atomic mass is 10.1. The highest BCUT2D eigenvalue weighted by Crippen LogP contribution is 2.31. The van der Waals surface area contributed by atoms with Crippen LogP contribution < -0.4 is 10.5 Å². The molecule has 3 rings (SSSR count). The Kier molecular flexibility index (Phi) is 5.72. The van der Waals surface area contributed by atoms with E-state index in [1.54, 1.807) is 24.3 Å². The van der Waals surface area contributed by atoms with E-state index in [1.165, 1.54) is 12.3 Å². The predicted octanol–water partition coefficient (Wildman–Crippen LogP) is 1.71. The summed E-state index contributed by atoms with van der Waals surface area (Å²) in [5, 5.41) is 10.2. The van der Waals surface area contributed by atoms with Gasteiger partial charge in [0, 0.05) is 18.3 Å². The van der Waals surface area contributed by atoms with Crippen LogP contribution in [0.25, 0.3) is 21.3 Å². The highest BCUT2D eigenvalue weighted by Gasteiger charge is 2.25. The summed E-state index contributed by atoms with van der Waals surface area (Å²) in [5.41, 5.74) is 2.03. The summed E-state index contributed by atoms with van der Waals surface area (Å²) in [7, 11) is -3.74. The van der Waals surface area contributed by atoms with Gasteiger partial charge in [-0.2, -0.15) is 4.39 Å². The van der Waals surface area contributed by atoms with Gasteiger partial charge in [0.25, 0.3) is 5.91 Å². The Morgan fingerprint density at radius 3 is 2.68 bits per heavy atom. The molecule has 28 heavy (non-hydrogen) atoms. The topological polar surface area (TPSA) is 144 Å². The van der Waals surface area contributed by atoms with Crippen molar-refractivity contribution in [2.24, 2.45) is 10.3 Å². The number of sulfonamides is 1. The fourth-order valence-corrected chi connectivity index (χ4v) is 3.83. The molecule has 0 saturated carbocycles. The van der Waals surface area contributed by atoms with Crippen molar-refractivity contribution in [3.05, 3.63) is 52.4 Å². The molecule has 3 aromatic rings. The lowest BCUT2D eigenvalue weighted by Crippen LogP contribution is -2.34. The number of nitroso groups, excluding NO2 is 1. The fraction of sp³-hybridized carbons (Fsp3) is 0.188. The lowest BCUT2D eigenvalue weighted by molar-refractivity contribution is -0.122. The number of halogens is 1. The van der Waals surface area contributed by atoms with Crippen molar-refractivity contribution in [1.29, 1.82) is 0 Å². The average Bonchev–Trinajstić information content (AvgIpc) is 3.04. The second kappa shape index (κ2) is 8.04. The molecule has 1 aromatic carbocycles. The van der Waals surface area contributed by atoms with Crippen LogP contribution in [0.5, 0.6) is 0 Å². The molecule has 1 unspecified atom stereocenters. The van der Waals surface area contributed by atoms with Crippen LogP contribution in [0.1, 0.15) is 11.0 Å². The minimum Gasteiger partial charge on any atom is -0.353 e. The van der Waals surface area contributed by atoms with Crippen molar-refractivity contribution in [2.45, 2.75) is 6.04 Å². The Morgan fingerprint density at radius 2 is 2.04 bits per heavy atom. The number of primary sulfonamides is 1. The minimum absolute atomic E-state index is 0.174. The zero-order valence-corrected chi connectivity index (χ0v) is 15.8. The number of nitrogens with zero attached hydrogens (tertiary/aromatic N) is 3. The molecule has 146 valence electrons. The molecular weight excluding hydrogens is 409 g/mol. The number of nitrogens with one attached hydrogen (secondary N) is 1. The number of carbonyl (C=O) groups excluding carboxylic acids is 1. The summed E-state index contributed by atoms with van der Waals surface area (Å²) in [6.45, 7) is -0.240. The van der Waals surface area contributed by atoms with Crippen molar-refractivity contribution in [3.63, 3.8) is 0 Å². The van der Waals surface area contributed by atoms with Gasteiger partial charge in [0.2, 0.25) is 22.0 Å². The van der Waals surface area contributed by atoms with E-state index < -0.39 is 33.7 Å². The number of aromatic nitrogens is 2. The molecule has 9 nitrogen and oxygen atoms in total. The first-order chi connectivity index (χ1) is 13.3. The van der Waals surface area contributed by atoms with Crippen molar-refractivity contribution in [2.75, 3.05) is 12.3 Å². The normalized spacial score (nSPS) is 12.6. The number of pyridine rings is 1. The maximum Gasteiger partial charge on any atom is 0.255 e. The van der Waals surface area contributed by atoms with Gasteiger partial charge in [-0.1, -0.05) is 6.07 Å². The van der Waals surface area contributed by atoms with Gasteiger partial charge in [-0.05, 0) is 35.0 Å². The van der Waals surface area contributed by atoms with E-state index in [1.807, 2.05) is 0 Å². The van der Waals surface area contributed by atoms with Gasteiger partial charge < -0.3 is 5.32 Å². The van der Waals surface area contributed by atoms with Crippen LogP contribution in [-0.2, 0) is 14.8 Å². The van der Waals surface area contributed by atoms with Gasteiger partial charge in [-0.25, -0.2) is 23.5 Å². The van der Waals surface area contributed by atoms with E-state index in [9.17, 15) is 22.5 Å². The molecule has 0 fully saturated rings. The predicted molar refractivity (Wildman–Crippen MR) is 102 cm³/mol. The van der Waals surface area contributed by atoms with Gasteiger partial charge in [-0.3, -0.25) is 4.79 Å². The second-order valence-electron chi connectivity index (χ2n) is 5.77. The first-order valence-corrected chi connectivity index (χ1v) is 10.4. The van der Waals surface area contributed by atoms with Crippen LogP contribution in [0.2, 0.25) is 0 Å². The summed E-state index contributed by atoms with van der Waals surface area (Å²) in [5.74, 6) is -1.81. The monoisotopic (exact) mass is 423 g/mol. The van der Waals surface area contributed by atoms with Crippen LogP contribution in [-0.4, -0.2) is 36.6 Å². The van der Waals surface area contributed by atoms with E-state index in [0.717, 1.165) is 16.9 Å². The van der Waals surface area contributed by atoms with E-state index in [2.05, 4.69) is 20.5 Å². The highest BCUT2D eigenvalue weighted by molar-refractivity contribution is 7.89. The third kappa shape index (κ3) is 4.71. The van der Waals surface area contributed by atoms with Crippen molar-refractivity contribution in [3.8, 4) is 11.1 Å². The molecule has 0 saturated heterocycles. The molecular formula is C16H14FN5O4S2. The molecule has 3 N–H and O–H groups in total. The largest absolute Gasteiger partial charge is 0.353 e. The van der Waals surface area contributed by atoms with Gasteiger partial charge in [0.15, 0.2) is 0 Å². The van der Waals surface area contributed by atoms with E-state index in [-0.39, 0.29) is 11.6 Å². The molecule has 1 atom stereocenters. The Hall–Kier alpha value is -2.83. The smallest absolute Gasteiger partial charge is 0.255 e. The highest BCUT2D eigenvalue weighted by atomic mass is 32.2. The summed E-state index contributed by atoms with van der Waals surface area (Å²) < 4.78 is 35.5. The molecule has 0 aliphatic rings. The fourth-order valence-electron chi connectivity index (χ4n) is 2.40. The standard InChI is InChI=1S/C16H14FN5O4S2/c17-13-4-2-10(8-20-13)9-1-3-11-12(7-9)27-16(21-11)14(22-24)15(23)19-5-6-28(18,25)26/h1-4,7-8,14H,5-6H2,(H,19,23)(H2,18,25,26). The minimum atomic E-state index is -3.74. The maximum atomic E-state index is 13.0. The number of nitrogens with two attached hydrogens (primary N) is 1. The Labute approximate surface area is 162 Å². The molecule has 0 bridgehead atoms. The van der Waals surface area contributed by atoms with E-state index >= 15 is 0 Å². The summed E-state index contributed by atoms with van der Waals surface area (Å²) in [6.07, 6.45) is 1.40.